The van der Waals surface area contributed by atoms with Gasteiger partial charge in [0.2, 0.25) is 5.95 Å². The van der Waals surface area contributed by atoms with E-state index in [2.05, 4.69) is 10.2 Å². The van der Waals surface area contributed by atoms with Crippen LogP contribution in [0, 0.1) is 0 Å². The minimum absolute atomic E-state index is 0.0210. The zero-order valence-corrected chi connectivity index (χ0v) is 10.1. The van der Waals surface area contributed by atoms with Crippen LogP contribution in [0.4, 0.5) is 14.7 Å². The number of nitrogens with zero attached hydrogens (tertiary/aromatic N) is 3. The molecule has 7 nitrogen and oxygen atoms in total. The standard InChI is InChI=1S/C8H12F2N4O3S/c9-5(10)3-17-2-1-14-7(11)12-13-8(14)18-4-6(15)16/h5H,1-4H2,(H2,11,12)(H,15,16). The predicted octanol–water partition coefficient (Wildman–Crippen LogP) is 0.319. The molecule has 1 rings (SSSR count). The summed E-state index contributed by atoms with van der Waals surface area (Å²) < 4.78 is 29.7. The van der Waals surface area contributed by atoms with Gasteiger partial charge in [0.05, 0.1) is 18.9 Å². The van der Waals surface area contributed by atoms with Crippen molar-refractivity contribution < 1.29 is 23.4 Å². The number of carboxylic acid groups (broad SMARTS) is 1. The number of carboxylic acids is 1. The molecule has 0 radical (unpaired) electrons. The molecule has 0 saturated heterocycles. The van der Waals surface area contributed by atoms with Gasteiger partial charge in [-0.05, 0) is 0 Å². The predicted molar refractivity (Wildman–Crippen MR) is 59.6 cm³/mol. The maximum absolute atomic E-state index is 11.8. The van der Waals surface area contributed by atoms with E-state index in [9.17, 15) is 13.6 Å². The fourth-order valence-electron chi connectivity index (χ4n) is 1.07. The van der Waals surface area contributed by atoms with Crippen LogP contribution in [-0.4, -0.2) is 51.2 Å². The van der Waals surface area contributed by atoms with Crippen molar-refractivity contribution >= 4 is 23.7 Å². The van der Waals surface area contributed by atoms with E-state index in [1.165, 1.54) is 4.57 Å². The molecule has 0 amide bonds. The number of anilines is 1. The van der Waals surface area contributed by atoms with Gasteiger partial charge in [0.1, 0.15) is 6.61 Å². The lowest BCUT2D eigenvalue weighted by Gasteiger charge is -2.07. The van der Waals surface area contributed by atoms with Crippen molar-refractivity contribution in [3.8, 4) is 0 Å². The van der Waals surface area contributed by atoms with Crippen molar-refractivity contribution in [3.05, 3.63) is 0 Å². The number of nitrogens with two attached hydrogens (primary N) is 1. The van der Waals surface area contributed by atoms with Gasteiger partial charge in [0, 0.05) is 0 Å². The van der Waals surface area contributed by atoms with Gasteiger partial charge in [-0.3, -0.25) is 9.36 Å². The Balaban J connectivity index is 2.47. The summed E-state index contributed by atoms with van der Waals surface area (Å²) in [5, 5.41) is 16.1. The lowest BCUT2D eigenvalue weighted by molar-refractivity contribution is -0.133. The second kappa shape index (κ2) is 7.11. The van der Waals surface area contributed by atoms with Gasteiger partial charge in [-0.2, -0.15) is 0 Å². The molecule has 0 spiro atoms. The zero-order chi connectivity index (χ0) is 13.5. The highest BCUT2D eigenvalue weighted by atomic mass is 32.2. The first-order chi connectivity index (χ1) is 8.50. The van der Waals surface area contributed by atoms with Gasteiger partial charge < -0.3 is 15.6 Å². The van der Waals surface area contributed by atoms with E-state index in [1.54, 1.807) is 0 Å². The molecule has 1 aromatic rings. The number of alkyl halides is 2. The summed E-state index contributed by atoms with van der Waals surface area (Å²) in [5.74, 6) is -1.10. The molecular formula is C8H12F2N4O3S. The minimum atomic E-state index is -2.52. The summed E-state index contributed by atoms with van der Waals surface area (Å²) in [5.41, 5.74) is 5.51. The van der Waals surface area contributed by atoms with Crippen molar-refractivity contribution in [3.63, 3.8) is 0 Å². The number of thioether (sulfide) groups is 1. The molecule has 10 heteroatoms. The number of rotatable bonds is 8. The van der Waals surface area contributed by atoms with Crippen LogP contribution in [0.1, 0.15) is 0 Å². The Morgan fingerprint density at radius 2 is 2.28 bits per heavy atom. The summed E-state index contributed by atoms with van der Waals surface area (Å²) in [6, 6.07) is 0. The normalized spacial score (nSPS) is 11.1. The number of aliphatic carboxylic acids is 1. The minimum Gasteiger partial charge on any atom is -0.481 e. The van der Waals surface area contributed by atoms with E-state index in [0.29, 0.717) is 5.16 Å². The Bertz CT molecular complexity index is 402. The molecule has 0 saturated carbocycles. The maximum Gasteiger partial charge on any atom is 0.313 e. The summed E-state index contributed by atoms with van der Waals surface area (Å²) in [6.45, 7) is -0.444. The number of halogens is 2. The van der Waals surface area contributed by atoms with Gasteiger partial charge in [0.15, 0.2) is 5.16 Å². The molecule has 102 valence electrons. The Morgan fingerprint density at radius 3 is 2.89 bits per heavy atom. The molecule has 0 bridgehead atoms. The summed E-state index contributed by atoms with van der Waals surface area (Å²) >= 11 is 0.946. The van der Waals surface area contributed by atoms with Crippen LogP contribution in [0.15, 0.2) is 5.16 Å². The molecule has 0 aliphatic carbocycles. The fraction of sp³-hybridized carbons (Fsp3) is 0.625. The third kappa shape index (κ3) is 4.84. The number of hydrogen-bond donors (Lipinski definition) is 2. The molecule has 0 atom stereocenters. The molecule has 3 N–H and O–H groups in total. The first kappa shape index (κ1) is 14.6. The molecule has 18 heavy (non-hydrogen) atoms. The summed E-state index contributed by atoms with van der Waals surface area (Å²) in [7, 11) is 0. The lowest BCUT2D eigenvalue weighted by Crippen LogP contribution is -2.13. The highest BCUT2D eigenvalue weighted by Gasteiger charge is 2.12. The second-order valence-corrected chi connectivity index (χ2v) is 4.08. The maximum atomic E-state index is 11.8. The number of hydrogen-bond acceptors (Lipinski definition) is 6. The van der Waals surface area contributed by atoms with E-state index in [1.807, 2.05) is 0 Å². The Hall–Kier alpha value is -1.42. The second-order valence-electron chi connectivity index (χ2n) is 3.14. The molecule has 1 heterocycles. The van der Waals surface area contributed by atoms with Gasteiger partial charge in [-0.1, -0.05) is 11.8 Å². The lowest BCUT2D eigenvalue weighted by atomic mass is 10.6. The van der Waals surface area contributed by atoms with Gasteiger partial charge in [-0.25, -0.2) is 8.78 Å². The summed E-state index contributed by atoms with van der Waals surface area (Å²) in [4.78, 5) is 10.4. The Morgan fingerprint density at radius 1 is 1.56 bits per heavy atom. The van der Waals surface area contributed by atoms with E-state index >= 15 is 0 Å². The van der Waals surface area contributed by atoms with Crippen molar-refractivity contribution in [1.82, 2.24) is 14.8 Å². The van der Waals surface area contributed by atoms with Crippen molar-refractivity contribution in [1.29, 1.82) is 0 Å². The molecule has 0 unspecified atom stereocenters. The number of nitrogen functional groups attached to an aromatic ring is 1. The van der Waals surface area contributed by atoms with Crippen LogP contribution in [0.25, 0.3) is 0 Å². The van der Waals surface area contributed by atoms with Crippen LogP contribution in [0.2, 0.25) is 0 Å². The highest BCUT2D eigenvalue weighted by Crippen LogP contribution is 2.17. The van der Waals surface area contributed by atoms with Crippen LogP contribution in [0.5, 0.6) is 0 Å². The van der Waals surface area contributed by atoms with Crippen molar-refractivity contribution in [2.45, 2.75) is 18.1 Å². The van der Waals surface area contributed by atoms with Crippen molar-refractivity contribution in [2.75, 3.05) is 24.7 Å². The first-order valence-corrected chi connectivity index (χ1v) is 5.88. The third-order valence-corrected chi connectivity index (χ3v) is 2.72. The van der Waals surface area contributed by atoms with Crippen LogP contribution in [0.3, 0.4) is 0 Å². The zero-order valence-electron chi connectivity index (χ0n) is 9.25. The topological polar surface area (TPSA) is 103 Å². The van der Waals surface area contributed by atoms with Crippen LogP contribution < -0.4 is 5.73 Å². The monoisotopic (exact) mass is 282 g/mol. The average Bonchev–Trinajstić information content (AvgIpc) is 2.63. The summed E-state index contributed by atoms with van der Waals surface area (Å²) in [6.07, 6.45) is -2.52. The Labute approximate surface area is 105 Å². The molecule has 0 aliphatic heterocycles. The largest absolute Gasteiger partial charge is 0.481 e. The van der Waals surface area contributed by atoms with Gasteiger partial charge >= 0.3 is 5.97 Å². The van der Waals surface area contributed by atoms with E-state index in [0.717, 1.165) is 11.8 Å². The molecular weight excluding hydrogens is 270 g/mol. The van der Waals surface area contributed by atoms with E-state index < -0.39 is 19.0 Å². The van der Waals surface area contributed by atoms with Crippen molar-refractivity contribution in [2.24, 2.45) is 0 Å². The van der Waals surface area contributed by atoms with E-state index in [-0.39, 0.29) is 24.9 Å². The number of ether oxygens (including phenoxy) is 1. The number of aromatic nitrogens is 3. The van der Waals surface area contributed by atoms with Gasteiger partial charge in [-0.15, -0.1) is 10.2 Å². The molecule has 1 aromatic heterocycles. The molecule has 0 aliphatic rings. The Kier molecular flexibility index (Phi) is 5.78. The fourth-order valence-corrected chi connectivity index (χ4v) is 1.76. The van der Waals surface area contributed by atoms with Crippen LogP contribution >= 0.6 is 11.8 Å². The third-order valence-electron chi connectivity index (χ3n) is 1.77. The van der Waals surface area contributed by atoms with Crippen LogP contribution in [-0.2, 0) is 16.1 Å². The highest BCUT2D eigenvalue weighted by molar-refractivity contribution is 7.99. The SMILES string of the molecule is Nc1nnc(SCC(=O)O)n1CCOCC(F)F. The average molecular weight is 282 g/mol. The molecule has 0 aromatic carbocycles. The molecule has 0 fully saturated rings. The number of carbonyl (C=O) groups is 1. The smallest absolute Gasteiger partial charge is 0.313 e. The van der Waals surface area contributed by atoms with Gasteiger partial charge in [0.25, 0.3) is 6.43 Å². The first-order valence-electron chi connectivity index (χ1n) is 4.90. The van der Waals surface area contributed by atoms with E-state index in [4.69, 9.17) is 15.6 Å². The quantitative estimate of drug-likeness (QED) is 0.522.